The van der Waals surface area contributed by atoms with Gasteiger partial charge in [-0.1, -0.05) is 6.07 Å². The maximum Gasteiger partial charge on any atom is 0.133 e. The lowest BCUT2D eigenvalue weighted by Crippen LogP contribution is -2.19. The first-order chi connectivity index (χ1) is 7.20. The summed E-state index contributed by atoms with van der Waals surface area (Å²) < 4.78 is 6.29. The van der Waals surface area contributed by atoms with E-state index in [-0.39, 0.29) is 0 Å². The monoisotopic (exact) mass is 269 g/mol. The summed E-state index contributed by atoms with van der Waals surface area (Å²) in [6, 6.07) is 7.10. The van der Waals surface area contributed by atoms with Crippen LogP contribution >= 0.6 is 15.9 Å². The first-order valence-corrected chi connectivity index (χ1v) is 6.02. The molecule has 0 bridgehead atoms. The lowest BCUT2D eigenvalue weighted by atomic mass is 10.2. The molecular weight excluding hydrogens is 254 g/mol. The van der Waals surface area contributed by atoms with Gasteiger partial charge in [0.15, 0.2) is 0 Å². The Labute approximate surface area is 99.4 Å². The van der Waals surface area contributed by atoms with Crippen LogP contribution in [0.5, 0.6) is 5.75 Å². The van der Waals surface area contributed by atoms with Gasteiger partial charge >= 0.3 is 0 Å². The molecule has 1 aliphatic rings. The van der Waals surface area contributed by atoms with Crippen LogP contribution in [-0.4, -0.2) is 25.1 Å². The number of rotatable bonds is 4. The van der Waals surface area contributed by atoms with E-state index in [1.165, 1.54) is 18.4 Å². The lowest BCUT2D eigenvalue weighted by molar-refractivity contribution is 0.315. The third-order valence-electron chi connectivity index (χ3n) is 2.82. The molecule has 0 spiro atoms. The number of methoxy groups -OCH3 is 1. The molecule has 1 fully saturated rings. The molecule has 0 aliphatic heterocycles. The topological polar surface area (TPSA) is 12.5 Å². The van der Waals surface area contributed by atoms with Gasteiger partial charge in [-0.05, 0) is 53.5 Å². The Morgan fingerprint density at radius 2 is 2.20 bits per heavy atom. The van der Waals surface area contributed by atoms with Crippen molar-refractivity contribution in [1.82, 2.24) is 4.90 Å². The fourth-order valence-corrected chi connectivity index (χ4v) is 2.14. The second-order valence-corrected chi connectivity index (χ2v) is 4.97. The van der Waals surface area contributed by atoms with Gasteiger partial charge in [-0.25, -0.2) is 0 Å². The zero-order valence-corrected chi connectivity index (χ0v) is 10.8. The molecule has 1 aromatic rings. The maximum atomic E-state index is 5.28. The number of benzene rings is 1. The normalized spacial score (nSPS) is 15.7. The third kappa shape index (κ3) is 2.73. The van der Waals surface area contributed by atoms with E-state index in [1.54, 1.807) is 7.11 Å². The molecular formula is C12H16BrNO. The van der Waals surface area contributed by atoms with E-state index >= 15 is 0 Å². The summed E-state index contributed by atoms with van der Waals surface area (Å²) in [6.07, 6.45) is 2.70. The predicted octanol–water partition coefficient (Wildman–Crippen LogP) is 3.05. The smallest absolute Gasteiger partial charge is 0.133 e. The molecule has 0 aromatic heterocycles. The molecule has 2 nitrogen and oxygen atoms in total. The first kappa shape index (κ1) is 11.0. The molecule has 0 unspecified atom stereocenters. The summed E-state index contributed by atoms with van der Waals surface area (Å²) >= 11 is 3.46. The Morgan fingerprint density at radius 1 is 1.47 bits per heavy atom. The molecule has 0 N–H and O–H groups in total. The van der Waals surface area contributed by atoms with Crippen LogP contribution in [0.25, 0.3) is 0 Å². The van der Waals surface area contributed by atoms with Gasteiger partial charge in [0.05, 0.1) is 11.6 Å². The van der Waals surface area contributed by atoms with Gasteiger partial charge in [0.2, 0.25) is 0 Å². The molecule has 3 heteroatoms. The zero-order valence-electron chi connectivity index (χ0n) is 9.16. The van der Waals surface area contributed by atoms with Gasteiger partial charge in [0.25, 0.3) is 0 Å². The molecule has 82 valence electrons. The van der Waals surface area contributed by atoms with Crippen LogP contribution in [0.1, 0.15) is 18.4 Å². The Balaban J connectivity index is 2.07. The van der Waals surface area contributed by atoms with Crippen molar-refractivity contribution in [3.05, 3.63) is 28.2 Å². The molecule has 0 heterocycles. The van der Waals surface area contributed by atoms with E-state index < -0.39 is 0 Å². The largest absolute Gasteiger partial charge is 0.496 e. The SMILES string of the molecule is COc1cc(CN(C)C2CC2)ccc1Br. The summed E-state index contributed by atoms with van der Waals surface area (Å²) in [5, 5.41) is 0. The summed E-state index contributed by atoms with van der Waals surface area (Å²) in [5.74, 6) is 0.914. The maximum absolute atomic E-state index is 5.28. The fraction of sp³-hybridized carbons (Fsp3) is 0.500. The molecule has 0 amide bonds. The van der Waals surface area contributed by atoms with E-state index in [1.807, 2.05) is 0 Å². The van der Waals surface area contributed by atoms with Crippen LogP contribution in [0.15, 0.2) is 22.7 Å². The summed E-state index contributed by atoms with van der Waals surface area (Å²) in [7, 11) is 3.89. The van der Waals surface area contributed by atoms with Crippen molar-refractivity contribution in [2.24, 2.45) is 0 Å². The van der Waals surface area contributed by atoms with E-state index in [2.05, 4.69) is 46.1 Å². The minimum absolute atomic E-state index is 0.805. The zero-order chi connectivity index (χ0) is 10.8. The van der Waals surface area contributed by atoms with Crippen LogP contribution in [0, 0.1) is 0 Å². The lowest BCUT2D eigenvalue weighted by Gasteiger charge is -2.16. The average Bonchev–Trinajstić information content (AvgIpc) is 3.04. The summed E-state index contributed by atoms with van der Waals surface area (Å²) in [6.45, 7) is 1.01. The van der Waals surface area contributed by atoms with E-state index in [4.69, 9.17) is 4.74 Å². The van der Waals surface area contributed by atoms with Crippen molar-refractivity contribution in [2.45, 2.75) is 25.4 Å². The quantitative estimate of drug-likeness (QED) is 0.833. The Morgan fingerprint density at radius 3 is 2.80 bits per heavy atom. The standard InChI is InChI=1S/C12H16BrNO/c1-14(10-4-5-10)8-9-3-6-11(13)12(7-9)15-2/h3,6-7,10H,4-5,8H2,1-2H3. The minimum atomic E-state index is 0.805. The van der Waals surface area contributed by atoms with Gasteiger partial charge in [-0.3, -0.25) is 4.90 Å². The van der Waals surface area contributed by atoms with Crippen LogP contribution in [0.3, 0.4) is 0 Å². The number of hydrogen-bond donors (Lipinski definition) is 0. The van der Waals surface area contributed by atoms with Crippen molar-refractivity contribution >= 4 is 15.9 Å². The van der Waals surface area contributed by atoms with Crippen LogP contribution in [0.2, 0.25) is 0 Å². The van der Waals surface area contributed by atoms with Crippen molar-refractivity contribution < 1.29 is 4.74 Å². The molecule has 15 heavy (non-hydrogen) atoms. The van der Waals surface area contributed by atoms with Gasteiger partial charge in [-0.15, -0.1) is 0 Å². The van der Waals surface area contributed by atoms with Crippen LogP contribution < -0.4 is 4.74 Å². The van der Waals surface area contributed by atoms with E-state index in [0.717, 1.165) is 22.8 Å². The number of hydrogen-bond acceptors (Lipinski definition) is 2. The number of halogens is 1. The van der Waals surface area contributed by atoms with Crippen molar-refractivity contribution in [3.8, 4) is 5.75 Å². The summed E-state index contributed by atoms with van der Waals surface area (Å²) in [5.41, 5.74) is 1.31. The second kappa shape index (κ2) is 4.54. The molecule has 2 rings (SSSR count). The molecule has 1 aromatic carbocycles. The highest BCUT2D eigenvalue weighted by atomic mass is 79.9. The van der Waals surface area contributed by atoms with Crippen LogP contribution in [-0.2, 0) is 6.54 Å². The van der Waals surface area contributed by atoms with E-state index in [9.17, 15) is 0 Å². The molecule has 1 aliphatic carbocycles. The number of ether oxygens (including phenoxy) is 1. The predicted molar refractivity (Wildman–Crippen MR) is 65.2 cm³/mol. The first-order valence-electron chi connectivity index (χ1n) is 5.23. The Kier molecular flexibility index (Phi) is 3.32. The highest BCUT2D eigenvalue weighted by Crippen LogP contribution is 2.29. The second-order valence-electron chi connectivity index (χ2n) is 4.12. The van der Waals surface area contributed by atoms with Crippen molar-refractivity contribution in [3.63, 3.8) is 0 Å². The van der Waals surface area contributed by atoms with Gasteiger partial charge in [0.1, 0.15) is 5.75 Å². The summed E-state index contributed by atoms with van der Waals surface area (Å²) in [4.78, 5) is 2.41. The average molecular weight is 270 g/mol. The van der Waals surface area contributed by atoms with Gasteiger partial charge < -0.3 is 4.74 Å². The highest BCUT2D eigenvalue weighted by Gasteiger charge is 2.25. The molecule has 1 saturated carbocycles. The van der Waals surface area contributed by atoms with Crippen molar-refractivity contribution in [2.75, 3.05) is 14.2 Å². The molecule has 0 saturated heterocycles. The van der Waals surface area contributed by atoms with Crippen LogP contribution in [0.4, 0.5) is 0 Å². The highest BCUT2D eigenvalue weighted by molar-refractivity contribution is 9.10. The van der Waals surface area contributed by atoms with Gasteiger partial charge in [-0.2, -0.15) is 0 Å². The Bertz CT molecular complexity index is 349. The molecule has 0 atom stereocenters. The fourth-order valence-electron chi connectivity index (χ4n) is 1.73. The Hall–Kier alpha value is -0.540. The molecule has 0 radical (unpaired) electrons. The minimum Gasteiger partial charge on any atom is -0.496 e. The third-order valence-corrected chi connectivity index (χ3v) is 3.47. The number of nitrogens with zero attached hydrogens (tertiary/aromatic N) is 1. The van der Waals surface area contributed by atoms with Crippen molar-refractivity contribution in [1.29, 1.82) is 0 Å². The van der Waals surface area contributed by atoms with Gasteiger partial charge in [0, 0.05) is 12.6 Å². The van der Waals surface area contributed by atoms with E-state index in [0.29, 0.717) is 0 Å².